The van der Waals surface area contributed by atoms with Gasteiger partial charge in [0.15, 0.2) is 5.01 Å². The molecule has 4 aromatic rings. The van der Waals surface area contributed by atoms with Gasteiger partial charge in [-0.1, -0.05) is 37.3 Å². The average molecular weight is 354 g/mol. The summed E-state index contributed by atoms with van der Waals surface area (Å²) in [6.45, 7) is 4.35. The molecule has 0 saturated heterocycles. The molecule has 0 unspecified atom stereocenters. The Balaban J connectivity index is 1.75. The van der Waals surface area contributed by atoms with Gasteiger partial charge in [-0.15, -0.1) is 10.2 Å². The number of rotatable bonds is 5. The number of aromatic nitrogens is 6. The third-order valence-electron chi connectivity index (χ3n) is 3.82. The first-order valence-electron chi connectivity index (χ1n) is 8.06. The second-order valence-electron chi connectivity index (χ2n) is 6.20. The van der Waals surface area contributed by atoms with Gasteiger partial charge in [-0.3, -0.25) is 5.10 Å². The molecule has 0 saturated carbocycles. The standard InChI is InChI=1S/C17H18N6OS/c1-10(2)8-11-9-13(19-18-11)15-20-21-17-23(15)22-16(25-17)12-6-4-5-7-14(12)24-3/h4-7,9-10H,8H2,1-3H3,(H,18,19). The van der Waals surface area contributed by atoms with Crippen LogP contribution >= 0.6 is 11.3 Å². The van der Waals surface area contributed by atoms with E-state index in [0.717, 1.165) is 39.1 Å². The number of ether oxygens (including phenoxy) is 1. The second kappa shape index (κ2) is 6.29. The number of nitrogens with one attached hydrogen (secondary N) is 1. The topological polar surface area (TPSA) is 81.0 Å². The van der Waals surface area contributed by atoms with Crippen molar-refractivity contribution in [1.82, 2.24) is 30.0 Å². The normalized spacial score (nSPS) is 11.5. The van der Waals surface area contributed by atoms with Crippen molar-refractivity contribution in [2.24, 2.45) is 5.92 Å². The van der Waals surface area contributed by atoms with Crippen molar-refractivity contribution in [3.8, 4) is 27.8 Å². The summed E-state index contributed by atoms with van der Waals surface area (Å²) in [6.07, 6.45) is 0.943. The van der Waals surface area contributed by atoms with E-state index in [1.807, 2.05) is 30.3 Å². The minimum absolute atomic E-state index is 0.558. The maximum absolute atomic E-state index is 5.43. The van der Waals surface area contributed by atoms with E-state index in [1.165, 1.54) is 11.3 Å². The zero-order valence-corrected chi connectivity index (χ0v) is 15.0. The number of hydrogen-bond donors (Lipinski definition) is 1. The van der Waals surface area contributed by atoms with Gasteiger partial charge in [-0.05, 0) is 30.5 Å². The average Bonchev–Trinajstić information content (AvgIpc) is 3.29. The first kappa shape index (κ1) is 15.8. The van der Waals surface area contributed by atoms with Crippen molar-refractivity contribution in [2.45, 2.75) is 20.3 Å². The molecule has 0 amide bonds. The fourth-order valence-corrected chi connectivity index (χ4v) is 3.60. The number of para-hydroxylation sites is 1. The van der Waals surface area contributed by atoms with Gasteiger partial charge in [0, 0.05) is 5.69 Å². The number of hydrogen-bond acceptors (Lipinski definition) is 6. The molecule has 0 aliphatic rings. The lowest BCUT2D eigenvalue weighted by Crippen LogP contribution is -1.93. The first-order valence-corrected chi connectivity index (χ1v) is 8.87. The van der Waals surface area contributed by atoms with Crippen molar-refractivity contribution in [1.29, 1.82) is 0 Å². The summed E-state index contributed by atoms with van der Waals surface area (Å²) in [7, 11) is 1.66. The van der Waals surface area contributed by atoms with Crippen LogP contribution in [0.4, 0.5) is 0 Å². The predicted octanol–water partition coefficient (Wildman–Crippen LogP) is 3.45. The second-order valence-corrected chi connectivity index (χ2v) is 7.16. The molecule has 0 radical (unpaired) electrons. The molecule has 4 rings (SSSR count). The fraction of sp³-hybridized carbons (Fsp3) is 0.294. The number of H-pyrrole nitrogens is 1. The number of fused-ring (bicyclic) bond motifs is 1. The quantitative estimate of drug-likeness (QED) is 0.594. The molecule has 25 heavy (non-hydrogen) atoms. The molecule has 0 aliphatic carbocycles. The number of nitrogens with zero attached hydrogens (tertiary/aromatic N) is 5. The minimum atomic E-state index is 0.558. The highest BCUT2D eigenvalue weighted by molar-refractivity contribution is 7.19. The smallest absolute Gasteiger partial charge is 0.235 e. The molecule has 8 heteroatoms. The van der Waals surface area contributed by atoms with Crippen LogP contribution in [-0.2, 0) is 6.42 Å². The van der Waals surface area contributed by atoms with Crippen molar-refractivity contribution in [3.05, 3.63) is 36.0 Å². The van der Waals surface area contributed by atoms with E-state index in [2.05, 4.69) is 39.3 Å². The van der Waals surface area contributed by atoms with Gasteiger partial charge >= 0.3 is 0 Å². The molecule has 0 fully saturated rings. The first-order chi connectivity index (χ1) is 12.2. The Labute approximate surface area is 148 Å². The summed E-state index contributed by atoms with van der Waals surface area (Å²) in [5.41, 5.74) is 2.77. The van der Waals surface area contributed by atoms with Crippen LogP contribution in [0.15, 0.2) is 30.3 Å². The van der Waals surface area contributed by atoms with E-state index in [0.29, 0.717) is 11.7 Å². The van der Waals surface area contributed by atoms with Crippen LogP contribution in [0.1, 0.15) is 19.5 Å². The summed E-state index contributed by atoms with van der Waals surface area (Å²) < 4.78 is 7.17. The number of methoxy groups -OCH3 is 1. The largest absolute Gasteiger partial charge is 0.496 e. The summed E-state index contributed by atoms with van der Waals surface area (Å²) in [5, 5.41) is 21.4. The van der Waals surface area contributed by atoms with Gasteiger partial charge < -0.3 is 4.74 Å². The third kappa shape index (κ3) is 2.89. The maximum atomic E-state index is 5.43. The minimum Gasteiger partial charge on any atom is -0.496 e. The molecule has 1 N–H and O–H groups in total. The number of benzene rings is 1. The van der Waals surface area contributed by atoms with Crippen molar-refractivity contribution in [3.63, 3.8) is 0 Å². The van der Waals surface area contributed by atoms with Crippen LogP contribution in [-0.4, -0.2) is 37.1 Å². The molecular weight excluding hydrogens is 336 g/mol. The van der Waals surface area contributed by atoms with Gasteiger partial charge in [-0.2, -0.15) is 14.7 Å². The van der Waals surface area contributed by atoms with E-state index < -0.39 is 0 Å². The van der Waals surface area contributed by atoms with Crippen molar-refractivity contribution in [2.75, 3.05) is 7.11 Å². The monoisotopic (exact) mass is 354 g/mol. The van der Waals surface area contributed by atoms with Crippen molar-refractivity contribution >= 4 is 16.3 Å². The molecule has 3 aromatic heterocycles. The fourth-order valence-electron chi connectivity index (χ4n) is 2.73. The Hall–Kier alpha value is -2.74. The predicted molar refractivity (Wildman–Crippen MR) is 96.8 cm³/mol. The molecule has 7 nitrogen and oxygen atoms in total. The molecule has 0 bridgehead atoms. The maximum Gasteiger partial charge on any atom is 0.235 e. The molecule has 3 heterocycles. The van der Waals surface area contributed by atoms with E-state index in [1.54, 1.807) is 11.6 Å². The zero-order valence-electron chi connectivity index (χ0n) is 14.2. The number of aromatic amines is 1. The molecule has 128 valence electrons. The summed E-state index contributed by atoms with van der Waals surface area (Å²) in [6, 6.07) is 9.82. The Morgan fingerprint density at radius 2 is 2.08 bits per heavy atom. The van der Waals surface area contributed by atoms with Crippen LogP contribution < -0.4 is 4.74 Å². The highest BCUT2D eigenvalue weighted by Gasteiger charge is 2.18. The Morgan fingerprint density at radius 3 is 2.88 bits per heavy atom. The van der Waals surface area contributed by atoms with Gasteiger partial charge in [-0.25, -0.2) is 0 Å². The van der Waals surface area contributed by atoms with Gasteiger partial charge in [0.25, 0.3) is 0 Å². The Bertz CT molecular complexity index is 1020. The highest BCUT2D eigenvalue weighted by atomic mass is 32.1. The van der Waals surface area contributed by atoms with Gasteiger partial charge in [0.1, 0.15) is 11.4 Å². The summed E-state index contributed by atoms with van der Waals surface area (Å²) in [4.78, 5) is 0.726. The van der Waals surface area contributed by atoms with Gasteiger partial charge in [0.05, 0.1) is 12.7 Å². The SMILES string of the molecule is COc1ccccc1-c1nn2c(-c3cc(CC(C)C)[nH]n3)nnc2s1. The van der Waals surface area contributed by atoms with Crippen LogP contribution in [0.25, 0.3) is 27.1 Å². The van der Waals surface area contributed by atoms with Gasteiger partial charge in [0.2, 0.25) is 10.8 Å². The lowest BCUT2D eigenvalue weighted by atomic mass is 10.1. The van der Waals surface area contributed by atoms with Crippen LogP contribution in [0, 0.1) is 5.92 Å². The van der Waals surface area contributed by atoms with Crippen LogP contribution in [0.2, 0.25) is 0 Å². The molecule has 0 spiro atoms. The Morgan fingerprint density at radius 1 is 1.24 bits per heavy atom. The molecular formula is C17H18N6OS. The lowest BCUT2D eigenvalue weighted by Gasteiger charge is -2.03. The lowest BCUT2D eigenvalue weighted by molar-refractivity contribution is 0.416. The Kier molecular flexibility index (Phi) is 3.96. The van der Waals surface area contributed by atoms with E-state index >= 15 is 0 Å². The third-order valence-corrected chi connectivity index (χ3v) is 4.75. The van der Waals surface area contributed by atoms with E-state index in [9.17, 15) is 0 Å². The van der Waals surface area contributed by atoms with Crippen LogP contribution in [0.3, 0.4) is 0 Å². The van der Waals surface area contributed by atoms with E-state index in [4.69, 9.17) is 4.74 Å². The molecule has 0 atom stereocenters. The molecule has 0 aliphatic heterocycles. The highest BCUT2D eigenvalue weighted by Crippen LogP contribution is 2.33. The van der Waals surface area contributed by atoms with Crippen molar-refractivity contribution < 1.29 is 4.74 Å². The summed E-state index contributed by atoms with van der Waals surface area (Å²) in [5.74, 6) is 1.98. The van der Waals surface area contributed by atoms with Crippen LogP contribution in [0.5, 0.6) is 5.75 Å². The summed E-state index contributed by atoms with van der Waals surface area (Å²) >= 11 is 1.47. The van der Waals surface area contributed by atoms with E-state index in [-0.39, 0.29) is 0 Å². The zero-order chi connectivity index (χ0) is 17.4. The molecule has 1 aromatic carbocycles.